The zero-order valence-electron chi connectivity index (χ0n) is 5.20. The van der Waals surface area contributed by atoms with Gasteiger partial charge in [-0.1, -0.05) is 0 Å². The van der Waals surface area contributed by atoms with E-state index in [0.717, 1.165) is 12.8 Å². The number of hydrogen-bond donors (Lipinski definition) is 0. The predicted octanol–water partition coefficient (Wildman–Crippen LogP) is 1.99. The van der Waals surface area contributed by atoms with Crippen LogP contribution in [-0.4, -0.2) is 6.61 Å². The van der Waals surface area contributed by atoms with Crippen molar-refractivity contribution in [3.8, 4) is 0 Å². The molecule has 5 heteroatoms. The number of unbranched alkanes of at least 4 members (excludes halogenated alkanes) is 1. The van der Waals surface area contributed by atoms with E-state index in [9.17, 15) is 3.67 Å². The maximum absolute atomic E-state index is 9.68. The second-order valence-electron chi connectivity index (χ2n) is 1.26. The maximum atomic E-state index is 9.68. The molecule has 0 radical (unpaired) electrons. The summed E-state index contributed by atoms with van der Waals surface area (Å²) in [7, 11) is 0. The van der Waals surface area contributed by atoms with Gasteiger partial charge in [-0.3, -0.25) is 0 Å². The smallest absolute Gasteiger partial charge is 0.147 e. The minimum atomic E-state index is -1.04. The molecule has 0 spiro atoms. The normalized spacial score (nSPS) is 6.78. The standard InChI is InChI=1S/C4H9O.2ClH.O.V/c1-2-3-4-5;;;;/h2-4H2,1H3;2*1H;;/q-1;;;;+1. The maximum Gasteiger partial charge on any atom is -0.147 e. The van der Waals surface area contributed by atoms with Crippen LogP contribution in [0.3, 0.4) is 0 Å². The van der Waals surface area contributed by atoms with Gasteiger partial charge >= 0.3 is 50.3 Å². The second-order valence-corrected chi connectivity index (χ2v) is 1.90. The molecule has 0 unspecified atom stereocenters. The summed E-state index contributed by atoms with van der Waals surface area (Å²) in [6.07, 6.45) is 2.14. The molecular formula is C4H11Cl2O2V. The third-order valence-electron chi connectivity index (χ3n) is 0.642. The molecule has 0 saturated heterocycles. The molecule has 0 bridgehead atoms. The third-order valence-corrected chi connectivity index (χ3v) is 1.09. The van der Waals surface area contributed by atoms with E-state index in [0.29, 0.717) is 6.61 Å². The zero-order valence-corrected chi connectivity index (χ0v) is 8.23. The first-order chi connectivity index (χ1) is 3.41. The largest absolute Gasteiger partial charge is 0.147 e. The van der Waals surface area contributed by atoms with Gasteiger partial charge in [-0.15, -0.1) is 24.8 Å². The van der Waals surface area contributed by atoms with Gasteiger partial charge in [0, 0.05) is 0 Å². The van der Waals surface area contributed by atoms with Crippen LogP contribution in [0.15, 0.2) is 0 Å². The molecule has 9 heavy (non-hydrogen) atoms. The predicted molar refractivity (Wildman–Crippen MR) is 36.0 cm³/mol. The first kappa shape index (κ1) is 16.5. The van der Waals surface area contributed by atoms with E-state index in [4.69, 9.17) is 0 Å². The van der Waals surface area contributed by atoms with E-state index in [1.165, 1.54) is 0 Å². The van der Waals surface area contributed by atoms with Crippen LogP contribution >= 0.6 is 24.8 Å². The van der Waals surface area contributed by atoms with Crippen molar-refractivity contribution < 1.29 is 23.9 Å². The first-order valence-corrected chi connectivity index (χ1v) is 3.50. The molecular weight excluding hydrogens is 202 g/mol. The Morgan fingerprint density at radius 1 is 1.44 bits per heavy atom. The van der Waals surface area contributed by atoms with Gasteiger partial charge in [0.05, 0.1) is 0 Å². The topological polar surface area (TPSA) is 26.3 Å². The molecule has 0 aromatic rings. The van der Waals surface area contributed by atoms with E-state index in [1.807, 2.05) is 0 Å². The minimum Gasteiger partial charge on any atom is -0.147 e. The molecule has 0 atom stereocenters. The van der Waals surface area contributed by atoms with Gasteiger partial charge in [0.25, 0.3) is 0 Å². The summed E-state index contributed by atoms with van der Waals surface area (Å²) < 4.78 is 14.3. The monoisotopic (exact) mass is 212 g/mol. The van der Waals surface area contributed by atoms with Crippen LogP contribution in [0, 0.1) is 0 Å². The summed E-state index contributed by atoms with van der Waals surface area (Å²) in [5.41, 5.74) is 0. The number of hydrogen-bond acceptors (Lipinski definition) is 2. The van der Waals surface area contributed by atoms with Crippen molar-refractivity contribution in [2.75, 3.05) is 6.61 Å². The average molecular weight is 213 g/mol. The Morgan fingerprint density at radius 2 is 2.00 bits per heavy atom. The molecule has 0 amide bonds. The fourth-order valence-corrected chi connectivity index (χ4v) is 0.564. The van der Waals surface area contributed by atoms with Crippen LogP contribution in [0.5, 0.6) is 0 Å². The number of rotatable bonds is 4. The van der Waals surface area contributed by atoms with Crippen molar-refractivity contribution in [1.29, 1.82) is 0 Å². The Hall–Kier alpha value is 0.924. The minimum absolute atomic E-state index is 0. The molecule has 0 fully saturated rings. The number of halogens is 2. The summed E-state index contributed by atoms with van der Waals surface area (Å²) in [6, 6.07) is 0. The molecule has 0 N–H and O–H groups in total. The van der Waals surface area contributed by atoms with Gasteiger partial charge in [-0.05, 0) is 0 Å². The molecule has 0 heterocycles. The fraction of sp³-hybridized carbons (Fsp3) is 1.00. The van der Waals surface area contributed by atoms with Crippen LogP contribution in [0.25, 0.3) is 0 Å². The molecule has 0 aliphatic carbocycles. The Labute approximate surface area is 75.2 Å². The second kappa shape index (κ2) is 16.0. The van der Waals surface area contributed by atoms with Gasteiger partial charge in [0.2, 0.25) is 0 Å². The Balaban J connectivity index is -0.000000180. The van der Waals surface area contributed by atoms with Gasteiger partial charge < -0.3 is 0 Å². The Morgan fingerprint density at radius 3 is 2.33 bits per heavy atom. The quantitative estimate of drug-likeness (QED) is 0.667. The summed E-state index contributed by atoms with van der Waals surface area (Å²) in [5, 5.41) is 0. The van der Waals surface area contributed by atoms with Crippen molar-refractivity contribution in [3.63, 3.8) is 0 Å². The Kier molecular flexibility index (Phi) is 29.2. The van der Waals surface area contributed by atoms with Gasteiger partial charge in [0.15, 0.2) is 0 Å². The van der Waals surface area contributed by atoms with E-state index >= 15 is 0 Å². The molecule has 0 aromatic carbocycles. The zero-order chi connectivity index (χ0) is 5.54. The fourth-order valence-electron chi connectivity index (χ4n) is 0.246. The van der Waals surface area contributed by atoms with Crippen LogP contribution in [-0.2, 0) is 23.9 Å². The third kappa shape index (κ3) is 17.6. The molecule has 0 aliphatic heterocycles. The van der Waals surface area contributed by atoms with Crippen LogP contribution in [0.4, 0.5) is 0 Å². The van der Waals surface area contributed by atoms with Crippen molar-refractivity contribution in [2.45, 2.75) is 19.8 Å². The molecule has 0 rings (SSSR count). The summed E-state index contributed by atoms with van der Waals surface area (Å²) >= 11 is -1.04. The average Bonchev–Trinajstić information content (AvgIpc) is 1.69. The van der Waals surface area contributed by atoms with E-state index < -0.39 is 16.6 Å². The molecule has 0 aliphatic rings. The van der Waals surface area contributed by atoms with Crippen molar-refractivity contribution in [1.82, 2.24) is 0 Å². The SMILES string of the molecule is CCCC[O][V]=[O].Cl.Cl. The van der Waals surface area contributed by atoms with Crippen LogP contribution in [0.2, 0.25) is 0 Å². The molecule has 58 valence electrons. The van der Waals surface area contributed by atoms with Gasteiger partial charge in [-0.25, -0.2) is 0 Å². The van der Waals surface area contributed by atoms with E-state index in [2.05, 4.69) is 10.6 Å². The summed E-state index contributed by atoms with van der Waals surface area (Å²) in [4.78, 5) is 0. The van der Waals surface area contributed by atoms with Crippen LogP contribution < -0.4 is 0 Å². The van der Waals surface area contributed by atoms with Crippen molar-refractivity contribution >= 4 is 24.8 Å². The molecule has 0 aromatic heterocycles. The first-order valence-electron chi connectivity index (χ1n) is 2.36. The van der Waals surface area contributed by atoms with Gasteiger partial charge in [-0.2, -0.15) is 0 Å². The van der Waals surface area contributed by atoms with Crippen molar-refractivity contribution in [3.05, 3.63) is 0 Å². The van der Waals surface area contributed by atoms with Gasteiger partial charge in [0.1, 0.15) is 0 Å². The van der Waals surface area contributed by atoms with E-state index in [-0.39, 0.29) is 24.8 Å². The Bertz CT molecular complexity index is 53.8. The van der Waals surface area contributed by atoms with Crippen LogP contribution in [0.1, 0.15) is 19.8 Å². The molecule has 2 nitrogen and oxygen atoms in total. The van der Waals surface area contributed by atoms with Crippen molar-refractivity contribution in [2.24, 2.45) is 0 Å². The summed E-state index contributed by atoms with van der Waals surface area (Å²) in [6.45, 7) is 2.74. The summed E-state index contributed by atoms with van der Waals surface area (Å²) in [5.74, 6) is 0. The molecule has 0 saturated carbocycles. The van der Waals surface area contributed by atoms with E-state index in [1.54, 1.807) is 0 Å².